The molecule has 0 aliphatic rings. The van der Waals surface area contributed by atoms with Crippen LogP contribution in [0.3, 0.4) is 0 Å². The van der Waals surface area contributed by atoms with Crippen molar-refractivity contribution >= 4 is 17.4 Å². The zero-order valence-corrected chi connectivity index (χ0v) is 12.1. The molecule has 1 N–H and O–H groups in total. The fraction of sp³-hybridized carbons (Fsp3) is 0.308. The summed E-state index contributed by atoms with van der Waals surface area (Å²) in [5, 5.41) is 6.86. The number of aromatic nitrogens is 1. The fourth-order valence-corrected chi connectivity index (χ4v) is 2.00. The van der Waals surface area contributed by atoms with E-state index < -0.39 is 6.61 Å². The molecule has 0 atom stereocenters. The Morgan fingerprint density at radius 3 is 2.76 bits per heavy atom. The minimum absolute atomic E-state index is 0.0447. The number of benzene rings is 1. The monoisotopic (exact) mass is 318 g/mol. The van der Waals surface area contributed by atoms with E-state index in [0.29, 0.717) is 12.4 Å². The van der Waals surface area contributed by atoms with Gasteiger partial charge in [0.25, 0.3) is 0 Å². The molecule has 21 heavy (non-hydrogen) atoms. The van der Waals surface area contributed by atoms with Crippen LogP contribution in [0.4, 0.5) is 14.6 Å². The highest BCUT2D eigenvalue weighted by atomic mass is 35.5. The Morgan fingerprint density at radius 1 is 1.43 bits per heavy atom. The quantitative estimate of drug-likeness (QED) is 0.876. The van der Waals surface area contributed by atoms with Crippen molar-refractivity contribution in [2.24, 2.45) is 0 Å². The molecular weight excluding hydrogens is 306 g/mol. The van der Waals surface area contributed by atoms with E-state index in [4.69, 9.17) is 20.9 Å². The molecule has 2 rings (SSSR count). The van der Waals surface area contributed by atoms with Crippen LogP contribution in [0.25, 0.3) is 0 Å². The van der Waals surface area contributed by atoms with Crippen LogP contribution in [0.5, 0.6) is 11.5 Å². The van der Waals surface area contributed by atoms with Crippen molar-refractivity contribution in [2.45, 2.75) is 20.1 Å². The highest BCUT2D eigenvalue weighted by molar-refractivity contribution is 6.32. The number of halogens is 3. The van der Waals surface area contributed by atoms with Crippen LogP contribution in [0, 0.1) is 6.92 Å². The number of rotatable bonds is 6. The van der Waals surface area contributed by atoms with Crippen molar-refractivity contribution in [3.05, 3.63) is 34.5 Å². The van der Waals surface area contributed by atoms with Gasteiger partial charge in [-0.05, 0) is 24.6 Å². The summed E-state index contributed by atoms with van der Waals surface area (Å²) in [6, 6.07) is 3.08. The number of nitrogens with zero attached hydrogens (tertiary/aromatic N) is 1. The molecular formula is C13H13ClF2N2O3. The molecule has 0 aliphatic heterocycles. The van der Waals surface area contributed by atoms with Gasteiger partial charge in [-0.15, -0.1) is 0 Å². The van der Waals surface area contributed by atoms with E-state index in [9.17, 15) is 8.78 Å². The number of alkyl halides is 2. The van der Waals surface area contributed by atoms with Gasteiger partial charge >= 0.3 is 6.61 Å². The van der Waals surface area contributed by atoms with Crippen LogP contribution < -0.4 is 14.8 Å². The van der Waals surface area contributed by atoms with Crippen LogP contribution in [0.15, 0.2) is 22.9 Å². The molecule has 0 unspecified atom stereocenters. The van der Waals surface area contributed by atoms with Gasteiger partial charge in [-0.3, -0.25) is 0 Å². The number of methoxy groups -OCH3 is 1. The maximum Gasteiger partial charge on any atom is 0.387 e. The molecule has 0 aliphatic carbocycles. The summed E-state index contributed by atoms with van der Waals surface area (Å²) in [6.07, 6.45) is 1.51. The van der Waals surface area contributed by atoms with Gasteiger partial charge in [0.2, 0.25) is 0 Å². The third-order valence-electron chi connectivity index (χ3n) is 2.70. The summed E-state index contributed by atoms with van der Waals surface area (Å²) >= 11 is 5.95. The van der Waals surface area contributed by atoms with Crippen LogP contribution in [0.2, 0.25) is 5.02 Å². The fourth-order valence-electron chi connectivity index (χ4n) is 1.72. The Balaban J connectivity index is 2.17. The summed E-state index contributed by atoms with van der Waals surface area (Å²) in [7, 11) is 1.35. The van der Waals surface area contributed by atoms with Crippen molar-refractivity contribution in [1.29, 1.82) is 0 Å². The maximum atomic E-state index is 12.3. The van der Waals surface area contributed by atoms with Crippen molar-refractivity contribution < 1.29 is 22.8 Å². The van der Waals surface area contributed by atoms with E-state index in [1.165, 1.54) is 19.4 Å². The van der Waals surface area contributed by atoms with Crippen molar-refractivity contribution in [2.75, 3.05) is 12.4 Å². The Labute approximate surface area is 124 Å². The average molecular weight is 319 g/mol. The average Bonchev–Trinajstić information content (AvgIpc) is 2.84. The molecule has 0 fully saturated rings. The van der Waals surface area contributed by atoms with Gasteiger partial charge in [-0.1, -0.05) is 16.8 Å². The zero-order chi connectivity index (χ0) is 15.4. The van der Waals surface area contributed by atoms with E-state index in [2.05, 4.69) is 15.2 Å². The highest BCUT2D eigenvalue weighted by Crippen LogP contribution is 2.37. The highest BCUT2D eigenvalue weighted by Gasteiger charge is 2.16. The second-order valence-corrected chi connectivity index (χ2v) is 4.59. The molecule has 1 heterocycles. The predicted octanol–water partition coefficient (Wildman–Crippen LogP) is 3.86. The second-order valence-electron chi connectivity index (χ2n) is 4.19. The Kier molecular flexibility index (Phi) is 4.85. The van der Waals surface area contributed by atoms with E-state index >= 15 is 0 Å². The SMILES string of the molecule is COc1cc(CNc2nocc2C)cc(Cl)c1OC(F)F. The topological polar surface area (TPSA) is 56.5 Å². The van der Waals surface area contributed by atoms with Crippen LogP contribution in [-0.2, 0) is 6.54 Å². The Hall–Kier alpha value is -2.02. The molecule has 0 spiro atoms. The smallest absolute Gasteiger partial charge is 0.387 e. The van der Waals surface area contributed by atoms with E-state index in [0.717, 1.165) is 11.1 Å². The van der Waals surface area contributed by atoms with Gasteiger partial charge < -0.3 is 19.3 Å². The molecule has 114 valence electrons. The number of nitrogens with one attached hydrogen (secondary N) is 1. The molecule has 0 amide bonds. The Morgan fingerprint density at radius 2 is 2.19 bits per heavy atom. The molecule has 1 aromatic heterocycles. The van der Waals surface area contributed by atoms with Crippen LogP contribution >= 0.6 is 11.6 Å². The van der Waals surface area contributed by atoms with Crippen molar-refractivity contribution in [3.63, 3.8) is 0 Å². The third-order valence-corrected chi connectivity index (χ3v) is 2.98. The van der Waals surface area contributed by atoms with E-state index in [-0.39, 0.29) is 16.5 Å². The first kappa shape index (κ1) is 15.4. The summed E-state index contributed by atoms with van der Waals surface area (Å²) in [5.41, 5.74) is 1.58. The standard InChI is InChI=1S/C13H13ClF2N2O3/c1-7-6-20-18-12(7)17-5-8-3-9(14)11(21-13(15)16)10(4-8)19-2/h3-4,6,13H,5H2,1-2H3,(H,17,18). The number of hydrogen-bond donors (Lipinski definition) is 1. The number of ether oxygens (including phenoxy) is 2. The molecule has 5 nitrogen and oxygen atoms in total. The van der Waals surface area contributed by atoms with Crippen LogP contribution in [-0.4, -0.2) is 18.9 Å². The molecule has 0 saturated carbocycles. The van der Waals surface area contributed by atoms with Crippen molar-refractivity contribution in [3.8, 4) is 11.5 Å². The van der Waals surface area contributed by atoms with Gasteiger partial charge in [0.1, 0.15) is 6.26 Å². The normalized spacial score (nSPS) is 10.8. The summed E-state index contributed by atoms with van der Waals surface area (Å²) in [5.74, 6) is 0.546. The summed E-state index contributed by atoms with van der Waals surface area (Å²) in [4.78, 5) is 0. The number of anilines is 1. The minimum Gasteiger partial charge on any atom is -0.493 e. The summed E-state index contributed by atoms with van der Waals surface area (Å²) in [6.45, 7) is -0.761. The second kappa shape index (κ2) is 6.62. The number of aryl methyl sites for hydroxylation is 1. The first-order valence-corrected chi connectivity index (χ1v) is 6.35. The first-order chi connectivity index (χ1) is 10.0. The van der Waals surface area contributed by atoms with E-state index in [1.807, 2.05) is 6.92 Å². The zero-order valence-electron chi connectivity index (χ0n) is 11.3. The number of hydrogen-bond acceptors (Lipinski definition) is 5. The maximum absolute atomic E-state index is 12.3. The molecule has 8 heteroatoms. The summed E-state index contributed by atoms with van der Waals surface area (Å²) < 4.78 is 38.8. The molecule has 1 aromatic carbocycles. The lowest BCUT2D eigenvalue weighted by Crippen LogP contribution is -2.06. The predicted molar refractivity (Wildman–Crippen MR) is 73.2 cm³/mol. The van der Waals surface area contributed by atoms with Gasteiger partial charge in [-0.2, -0.15) is 8.78 Å². The first-order valence-electron chi connectivity index (χ1n) is 5.97. The molecule has 0 bridgehead atoms. The molecule has 2 aromatic rings. The lowest BCUT2D eigenvalue weighted by molar-refractivity contribution is -0.0511. The van der Waals surface area contributed by atoms with Gasteiger partial charge in [0.15, 0.2) is 17.3 Å². The molecule has 0 saturated heterocycles. The van der Waals surface area contributed by atoms with Gasteiger partial charge in [0, 0.05) is 12.1 Å². The van der Waals surface area contributed by atoms with Gasteiger partial charge in [-0.25, -0.2) is 0 Å². The third kappa shape index (κ3) is 3.75. The largest absolute Gasteiger partial charge is 0.493 e. The van der Waals surface area contributed by atoms with Crippen LogP contribution in [0.1, 0.15) is 11.1 Å². The lowest BCUT2D eigenvalue weighted by Gasteiger charge is -2.13. The Bertz CT molecular complexity index is 619. The lowest BCUT2D eigenvalue weighted by atomic mass is 10.2. The molecule has 0 radical (unpaired) electrons. The van der Waals surface area contributed by atoms with E-state index in [1.54, 1.807) is 6.07 Å². The van der Waals surface area contributed by atoms with Gasteiger partial charge in [0.05, 0.1) is 12.1 Å². The minimum atomic E-state index is -2.97. The van der Waals surface area contributed by atoms with Crippen molar-refractivity contribution in [1.82, 2.24) is 5.16 Å².